The molecule has 0 spiro atoms. The van der Waals surface area contributed by atoms with Gasteiger partial charge in [0, 0.05) is 24.4 Å². The van der Waals surface area contributed by atoms with Crippen LogP contribution in [0.5, 0.6) is 17.2 Å². The number of carbonyl (C=O) groups excluding carboxylic acids is 1. The summed E-state index contributed by atoms with van der Waals surface area (Å²) in [6.45, 7) is 2.71. The molecule has 2 heterocycles. The summed E-state index contributed by atoms with van der Waals surface area (Å²) in [6, 6.07) is 16.2. The van der Waals surface area contributed by atoms with Crippen molar-refractivity contribution in [3.63, 3.8) is 0 Å². The first-order chi connectivity index (χ1) is 16.0. The molecule has 5 rings (SSSR count). The molecule has 0 unspecified atom stereocenters. The van der Waals surface area contributed by atoms with Crippen molar-refractivity contribution in [3.8, 4) is 17.2 Å². The Balaban J connectivity index is 1.65. The van der Waals surface area contributed by atoms with E-state index in [1.54, 1.807) is 53.1 Å². The van der Waals surface area contributed by atoms with E-state index in [0.29, 0.717) is 45.9 Å². The van der Waals surface area contributed by atoms with Crippen LogP contribution in [0.15, 0.2) is 71.7 Å². The maximum atomic E-state index is 13.8. The van der Waals surface area contributed by atoms with Gasteiger partial charge < -0.3 is 18.8 Å². The highest BCUT2D eigenvalue weighted by Gasteiger charge is 2.22. The number of carbonyl (C=O) groups is 1. The molecule has 3 aromatic carbocycles. The van der Waals surface area contributed by atoms with Gasteiger partial charge in [-0.15, -0.1) is 0 Å². The van der Waals surface area contributed by atoms with Gasteiger partial charge in [0.1, 0.15) is 11.6 Å². The van der Waals surface area contributed by atoms with E-state index < -0.39 is 11.2 Å². The van der Waals surface area contributed by atoms with Gasteiger partial charge in [-0.05, 0) is 55.0 Å². The Bertz CT molecular complexity index is 1430. The molecule has 1 aliphatic rings. The number of fused-ring (bicyclic) bond motifs is 2. The zero-order valence-corrected chi connectivity index (χ0v) is 17.8. The predicted octanol–water partition coefficient (Wildman–Crippen LogP) is 4.55. The average Bonchev–Trinajstić information content (AvgIpc) is 3.28. The van der Waals surface area contributed by atoms with E-state index in [0.717, 1.165) is 0 Å². The third kappa shape index (κ3) is 3.93. The third-order valence-electron chi connectivity index (χ3n) is 5.49. The summed E-state index contributed by atoms with van der Waals surface area (Å²) in [4.78, 5) is 26.7. The Morgan fingerprint density at radius 3 is 2.55 bits per heavy atom. The zero-order chi connectivity index (χ0) is 22.9. The predicted molar refractivity (Wildman–Crippen MR) is 121 cm³/mol. The quantitative estimate of drug-likeness (QED) is 0.408. The number of nitrogens with zero attached hydrogens (tertiary/aromatic N) is 1. The van der Waals surface area contributed by atoms with Crippen LogP contribution in [0.3, 0.4) is 0 Å². The first-order valence-corrected chi connectivity index (χ1v) is 10.5. The van der Waals surface area contributed by atoms with Crippen LogP contribution in [0, 0.1) is 5.82 Å². The SMILES string of the molecule is CCOc1ccc(C(=O)c2cn(Cc3cccc(F)c3)c3cc4c(cc3c2=O)OCO4)cc1. The Labute approximate surface area is 188 Å². The van der Waals surface area contributed by atoms with E-state index in [9.17, 15) is 14.0 Å². The molecular formula is C26H20FNO5. The molecular weight excluding hydrogens is 425 g/mol. The van der Waals surface area contributed by atoms with Crippen molar-refractivity contribution >= 4 is 16.7 Å². The lowest BCUT2D eigenvalue weighted by atomic mass is 10.0. The van der Waals surface area contributed by atoms with Crippen molar-refractivity contribution in [2.24, 2.45) is 0 Å². The van der Waals surface area contributed by atoms with Crippen molar-refractivity contribution in [2.75, 3.05) is 13.4 Å². The highest BCUT2D eigenvalue weighted by Crippen LogP contribution is 2.35. The number of pyridine rings is 1. The summed E-state index contributed by atoms with van der Waals surface area (Å²) < 4.78 is 31.9. The van der Waals surface area contributed by atoms with E-state index in [-0.39, 0.29) is 24.7 Å². The lowest BCUT2D eigenvalue weighted by molar-refractivity contribution is 0.103. The maximum Gasteiger partial charge on any atom is 0.231 e. The molecule has 0 bridgehead atoms. The topological polar surface area (TPSA) is 66.8 Å². The van der Waals surface area contributed by atoms with Crippen molar-refractivity contribution in [1.82, 2.24) is 4.57 Å². The third-order valence-corrected chi connectivity index (χ3v) is 5.49. The molecule has 33 heavy (non-hydrogen) atoms. The largest absolute Gasteiger partial charge is 0.494 e. The van der Waals surface area contributed by atoms with Crippen molar-refractivity contribution in [2.45, 2.75) is 13.5 Å². The van der Waals surface area contributed by atoms with Crippen LogP contribution in [-0.4, -0.2) is 23.8 Å². The molecule has 0 atom stereocenters. The lowest BCUT2D eigenvalue weighted by Gasteiger charge is -2.14. The zero-order valence-electron chi connectivity index (χ0n) is 17.8. The number of rotatable bonds is 6. The average molecular weight is 445 g/mol. The molecule has 1 aromatic heterocycles. The highest BCUT2D eigenvalue weighted by molar-refractivity contribution is 6.10. The molecule has 0 aliphatic carbocycles. The molecule has 0 radical (unpaired) electrons. The second-order valence-electron chi connectivity index (χ2n) is 7.64. The molecule has 7 heteroatoms. The van der Waals surface area contributed by atoms with Gasteiger partial charge in [-0.3, -0.25) is 9.59 Å². The van der Waals surface area contributed by atoms with Crippen LogP contribution >= 0.6 is 0 Å². The maximum absolute atomic E-state index is 13.8. The van der Waals surface area contributed by atoms with Crippen LogP contribution < -0.4 is 19.6 Å². The molecule has 0 fully saturated rings. The number of ether oxygens (including phenoxy) is 3. The van der Waals surface area contributed by atoms with Crippen molar-refractivity contribution < 1.29 is 23.4 Å². The number of halogens is 1. The molecule has 1 aliphatic heterocycles. The first-order valence-electron chi connectivity index (χ1n) is 10.5. The number of hydrogen-bond acceptors (Lipinski definition) is 5. The van der Waals surface area contributed by atoms with Gasteiger partial charge in [0.2, 0.25) is 12.2 Å². The van der Waals surface area contributed by atoms with E-state index in [1.807, 2.05) is 6.92 Å². The van der Waals surface area contributed by atoms with Crippen molar-refractivity contribution in [1.29, 1.82) is 0 Å². The second kappa shape index (κ2) is 8.43. The van der Waals surface area contributed by atoms with Gasteiger partial charge in [-0.1, -0.05) is 12.1 Å². The number of hydrogen-bond donors (Lipinski definition) is 0. The van der Waals surface area contributed by atoms with Crippen LogP contribution in [0.25, 0.3) is 10.9 Å². The Hall–Kier alpha value is -4.13. The molecule has 166 valence electrons. The minimum absolute atomic E-state index is 0.0157. The van der Waals surface area contributed by atoms with Gasteiger partial charge in [0.25, 0.3) is 0 Å². The first kappa shape index (κ1) is 20.8. The van der Waals surface area contributed by atoms with Gasteiger partial charge in [0.15, 0.2) is 17.3 Å². The molecule has 0 amide bonds. The standard InChI is InChI=1S/C26H20FNO5/c1-2-31-19-8-6-17(7-9-19)25(29)21-14-28(13-16-4-3-5-18(27)10-16)22-12-24-23(32-15-33-24)11-20(22)26(21)30/h3-12,14H,2,13,15H2,1H3. The smallest absolute Gasteiger partial charge is 0.231 e. The molecule has 0 saturated heterocycles. The fourth-order valence-electron chi connectivity index (χ4n) is 3.93. The summed E-state index contributed by atoms with van der Waals surface area (Å²) in [7, 11) is 0. The lowest BCUT2D eigenvalue weighted by Crippen LogP contribution is -2.20. The Morgan fingerprint density at radius 2 is 1.82 bits per heavy atom. The van der Waals surface area contributed by atoms with Crippen LogP contribution in [0.2, 0.25) is 0 Å². The second-order valence-corrected chi connectivity index (χ2v) is 7.64. The fraction of sp³-hybridized carbons (Fsp3) is 0.154. The molecule has 0 saturated carbocycles. The van der Waals surface area contributed by atoms with Gasteiger partial charge >= 0.3 is 0 Å². The van der Waals surface area contributed by atoms with E-state index in [1.165, 1.54) is 18.3 Å². The monoisotopic (exact) mass is 445 g/mol. The molecule has 0 N–H and O–H groups in total. The van der Waals surface area contributed by atoms with Crippen LogP contribution in [-0.2, 0) is 6.54 Å². The summed E-state index contributed by atoms with van der Waals surface area (Å²) in [5, 5.41) is 0.326. The van der Waals surface area contributed by atoms with E-state index in [2.05, 4.69) is 0 Å². The van der Waals surface area contributed by atoms with Crippen molar-refractivity contribution in [3.05, 3.63) is 99.6 Å². The normalized spacial score (nSPS) is 12.2. The Kier molecular flexibility index (Phi) is 5.30. The van der Waals surface area contributed by atoms with Gasteiger partial charge in [0.05, 0.1) is 23.1 Å². The minimum atomic E-state index is -0.407. The number of ketones is 1. The minimum Gasteiger partial charge on any atom is -0.494 e. The molecule has 6 nitrogen and oxygen atoms in total. The Morgan fingerprint density at radius 1 is 1.06 bits per heavy atom. The molecule has 4 aromatic rings. The highest BCUT2D eigenvalue weighted by atomic mass is 19.1. The summed E-state index contributed by atoms with van der Waals surface area (Å²) in [5.41, 5.74) is 1.24. The van der Waals surface area contributed by atoms with Crippen LogP contribution in [0.4, 0.5) is 4.39 Å². The summed E-state index contributed by atoms with van der Waals surface area (Å²) in [6.07, 6.45) is 1.52. The summed E-state index contributed by atoms with van der Waals surface area (Å²) in [5.74, 6) is 0.837. The number of aromatic nitrogens is 1. The van der Waals surface area contributed by atoms with E-state index >= 15 is 0 Å². The fourth-order valence-corrected chi connectivity index (χ4v) is 3.93. The number of benzene rings is 3. The van der Waals surface area contributed by atoms with Gasteiger partial charge in [-0.25, -0.2) is 4.39 Å². The van der Waals surface area contributed by atoms with Gasteiger partial charge in [-0.2, -0.15) is 0 Å². The van der Waals surface area contributed by atoms with E-state index in [4.69, 9.17) is 14.2 Å². The van der Waals surface area contributed by atoms with Crippen LogP contribution in [0.1, 0.15) is 28.4 Å². The summed E-state index contributed by atoms with van der Waals surface area (Å²) >= 11 is 0.